The molecule has 4 aliphatic rings. The zero-order valence-electron chi connectivity index (χ0n) is 23.9. The highest BCUT2D eigenvalue weighted by molar-refractivity contribution is 6.43. The third-order valence-corrected chi connectivity index (χ3v) is 8.01. The number of rotatable bonds is 7. The molecule has 0 aromatic carbocycles. The Morgan fingerprint density at radius 1 is 0.881 bits per heavy atom. The van der Waals surface area contributed by atoms with E-state index in [1.165, 1.54) is 4.90 Å². The van der Waals surface area contributed by atoms with Gasteiger partial charge in [0.1, 0.15) is 18.2 Å². The summed E-state index contributed by atoms with van der Waals surface area (Å²) in [5.41, 5.74) is 0. The van der Waals surface area contributed by atoms with Gasteiger partial charge in [-0.3, -0.25) is 43.6 Å². The maximum atomic E-state index is 13.1. The van der Waals surface area contributed by atoms with Crippen LogP contribution in [0.25, 0.3) is 0 Å². The number of carbonyl (C=O) groups excluding carboxylic acids is 4. The van der Waals surface area contributed by atoms with Crippen molar-refractivity contribution >= 4 is 36.8 Å². The van der Waals surface area contributed by atoms with Crippen LogP contribution >= 0.6 is 0 Å². The Balaban J connectivity index is 1.43. The summed E-state index contributed by atoms with van der Waals surface area (Å²) in [7, 11) is -1.65. The molecular formula is C25H41BN6O10. The molecule has 0 aromatic rings. The lowest BCUT2D eigenvalue weighted by atomic mass is 9.78. The predicted molar refractivity (Wildman–Crippen MR) is 146 cm³/mol. The lowest BCUT2D eigenvalue weighted by molar-refractivity contribution is -0.164. The topological polar surface area (TPSA) is 193 Å². The number of carboxylic acid groups (broad SMARTS) is 1. The molecule has 2 amide bonds. The number of likely N-dealkylation sites (tertiary alicyclic amines) is 1. The van der Waals surface area contributed by atoms with E-state index in [-0.39, 0.29) is 39.3 Å². The Morgan fingerprint density at radius 3 is 1.95 bits per heavy atom. The van der Waals surface area contributed by atoms with Gasteiger partial charge in [-0.15, -0.1) is 0 Å². The van der Waals surface area contributed by atoms with Gasteiger partial charge in [-0.2, -0.15) is 0 Å². The molecule has 4 heterocycles. The molecule has 0 aliphatic carbocycles. The average molecular weight is 596 g/mol. The molecule has 234 valence electrons. The van der Waals surface area contributed by atoms with Crippen LogP contribution in [0.2, 0.25) is 0 Å². The predicted octanol–water partition coefficient (Wildman–Crippen LogP) is -4.35. The van der Waals surface area contributed by atoms with Crippen LogP contribution in [-0.4, -0.2) is 186 Å². The minimum Gasteiger partial charge on any atom is -0.480 e. The molecule has 4 saturated heterocycles. The maximum absolute atomic E-state index is 13.1. The second-order valence-corrected chi connectivity index (χ2v) is 11.5. The van der Waals surface area contributed by atoms with Crippen LogP contribution in [-0.2, 0) is 33.4 Å². The second-order valence-electron chi connectivity index (χ2n) is 11.5. The first-order chi connectivity index (χ1) is 20.0. The SMILES string of the molecule is C[C@@H](NC(=O)CN1CCN2CC(=O)OC(CN(CC(=O)O)CCN3CC(=O)OC(C1)C3)C2)C(=O)N1CCC[C@H]1B(O)O. The van der Waals surface area contributed by atoms with Crippen molar-refractivity contribution in [3.05, 3.63) is 0 Å². The summed E-state index contributed by atoms with van der Waals surface area (Å²) in [6, 6.07) is -0.883. The van der Waals surface area contributed by atoms with Crippen LogP contribution in [0.1, 0.15) is 19.8 Å². The van der Waals surface area contributed by atoms with Crippen LogP contribution in [0.3, 0.4) is 0 Å². The number of hydrogen-bond acceptors (Lipinski definition) is 13. The molecular weight excluding hydrogens is 555 g/mol. The van der Waals surface area contributed by atoms with E-state index in [9.17, 15) is 39.1 Å². The number of morpholine rings is 2. The number of ether oxygens (including phenoxy) is 2. The first-order valence-electron chi connectivity index (χ1n) is 14.4. The molecule has 4 N–H and O–H groups in total. The van der Waals surface area contributed by atoms with Crippen molar-refractivity contribution in [2.24, 2.45) is 0 Å². The summed E-state index contributed by atoms with van der Waals surface area (Å²) in [6.07, 6.45) is 0.0482. The van der Waals surface area contributed by atoms with Crippen molar-refractivity contribution in [2.75, 3.05) is 85.1 Å². The van der Waals surface area contributed by atoms with Crippen molar-refractivity contribution in [3.63, 3.8) is 0 Å². The van der Waals surface area contributed by atoms with E-state index in [0.29, 0.717) is 58.7 Å². The van der Waals surface area contributed by atoms with E-state index in [1.807, 2.05) is 14.7 Å². The van der Waals surface area contributed by atoms with E-state index >= 15 is 0 Å². The van der Waals surface area contributed by atoms with Gasteiger partial charge in [0.2, 0.25) is 11.8 Å². The Kier molecular flexibility index (Phi) is 11.1. The third kappa shape index (κ3) is 9.09. The number of carbonyl (C=O) groups is 5. The van der Waals surface area contributed by atoms with E-state index in [4.69, 9.17) is 9.47 Å². The summed E-state index contributed by atoms with van der Waals surface area (Å²) >= 11 is 0. The van der Waals surface area contributed by atoms with Gasteiger partial charge in [0.25, 0.3) is 0 Å². The zero-order chi connectivity index (χ0) is 30.4. The monoisotopic (exact) mass is 596 g/mol. The van der Waals surface area contributed by atoms with Crippen LogP contribution in [0, 0.1) is 0 Å². The Bertz CT molecular complexity index is 1020. The van der Waals surface area contributed by atoms with Gasteiger partial charge >= 0.3 is 25.0 Å². The molecule has 4 unspecified atom stereocenters. The number of hydrogen-bond donors (Lipinski definition) is 4. The second kappa shape index (κ2) is 14.6. The van der Waals surface area contributed by atoms with Gasteiger partial charge in [0.05, 0.1) is 32.1 Å². The van der Waals surface area contributed by atoms with Gasteiger partial charge in [0.15, 0.2) is 0 Å². The standard InChI is InChI=1S/C25H41BN6O10/c1-17(25(38)32-4-2-3-20(32)26(39)40)27-21(33)13-28-5-7-30-12-19(42-24(37)15-30)10-29(14-22(34)35)6-8-31-11-18(9-28)41-23(36)16-31/h17-20,39-40H,2-16H2,1H3,(H,27,33)(H,34,35)/t17-,18?,19?,20+/m1/s1. The molecule has 6 atom stereocenters. The molecule has 0 radical (unpaired) electrons. The molecule has 4 fully saturated rings. The quantitative estimate of drug-likeness (QED) is 0.163. The van der Waals surface area contributed by atoms with Gasteiger partial charge in [-0.05, 0) is 19.8 Å². The van der Waals surface area contributed by atoms with Crippen LogP contribution in [0.4, 0.5) is 0 Å². The summed E-state index contributed by atoms with van der Waals surface area (Å²) < 4.78 is 11.1. The normalized spacial score (nSPS) is 30.5. The van der Waals surface area contributed by atoms with Crippen LogP contribution in [0.15, 0.2) is 0 Å². The average Bonchev–Trinajstić information content (AvgIpc) is 3.39. The number of esters is 2. The number of fused-ring (bicyclic) bond motifs is 4. The summed E-state index contributed by atoms with van der Waals surface area (Å²) in [4.78, 5) is 70.9. The highest BCUT2D eigenvalue weighted by Crippen LogP contribution is 2.19. The first kappa shape index (κ1) is 32.1. The summed E-state index contributed by atoms with van der Waals surface area (Å²) in [6.45, 7) is 4.53. The van der Waals surface area contributed by atoms with Gasteiger partial charge in [0, 0.05) is 58.9 Å². The Morgan fingerprint density at radius 2 is 1.43 bits per heavy atom. The van der Waals surface area contributed by atoms with E-state index in [1.54, 1.807) is 11.8 Å². The maximum Gasteiger partial charge on any atom is 0.475 e. The lowest BCUT2D eigenvalue weighted by Crippen LogP contribution is -2.57. The smallest absolute Gasteiger partial charge is 0.475 e. The molecule has 16 nitrogen and oxygen atoms in total. The Labute approximate surface area is 244 Å². The lowest BCUT2D eigenvalue weighted by Gasteiger charge is -2.39. The van der Waals surface area contributed by atoms with Gasteiger partial charge in [-0.25, -0.2) is 0 Å². The number of nitrogens with one attached hydrogen (secondary N) is 1. The molecule has 0 aromatic heterocycles. The highest BCUT2D eigenvalue weighted by atomic mass is 16.6. The fourth-order valence-corrected chi connectivity index (χ4v) is 6.10. The largest absolute Gasteiger partial charge is 0.480 e. The fraction of sp³-hybridized carbons (Fsp3) is 0.800. The van der Waals surface area contributed by atoms with Crippen LogP contribution < -0.4 is 5.32 Å². The first-order valence-corrected chi connectivity index (χ1v) is 14.4. The van der Waals surface area contributed by atoms with E-state index in [0.717, 1.165) is 0 Å². The van der Waals surface area contributed by atoms with Crippen molar-refractivity contribution in [2.45, 2.75) is 44.0 Å². The zero-order valence-corrected chi connectivity index (χ0v) is 23.9. The van der Waals surface area contributed by atoms with E-state index in [2.05, 4.69) is 5.32 Å². The molecule has 4 aliphatic heterocycles. The summed E-state index contributed by atoms with van der Waals surface area (Å²) in [5, 5.41) is 31.3. The number of amides is 2. The summed E-state index contributed by atoms with van der Waals surface area (Å²) in [5.74, 6) is -3.34. The number of nitrogens with zero attached hydrogens (tertiary/aromatic N) is 5. The van der Waals surface area contributed by atoms with Crippen molar-refractivity contribution in [3.8, 4) is 0 Å². The minimum atomic E-state index is -1.65. The molecule has 4 bridgehead atoms. The minimum absolute atomic E-state index is 0.0565. The van der Waals surface area contributed by atoms with Crippen molar-refractivity contribution in [1.29, 1.82) is 0 Å². The molecule has 0 spiro atoms. The molecule has 17 heteroatoms. The molecule has 4 rings (SSSR count). The third-order valence-electron chi connectivity index (χ3n) is 8.01. The number of aliphatic carboxylic acids is 1. The van der Waals surface area contributed by atoms with Crippen LogP contribution in [0.5, 0.6) is 0 Å². The Hall–Kier alpha value is -2.83. The fourth-order valence-electron chi connectivity index (χ4n) is 6.10. The molecule has 42 heavy (non-hydrogen) atoms. The molecule has 0 saturated carbocycles. The van der Waals surface area contributed by atoms with Gasteiger partial charge < -0.3 is 34.8 Å². The van der Waals surface area contributed by atoms with Crippen molar-refractivity contribution < 1.29 is 48.6 Å². The number of carboxylic acids is 1. The van der Waals surface area contributed by atoms with Gasteiger partial charge in [-0.1, -0.05) is 0 Å². The highest BCUT2D eigenvalue weighted by Gasteiger charge is 2.39. The van der Waals surface area contributed by atoms with E-state index < -0.39 is 61.0 Å². The van der Waals surface area contributed by atoms with Crippen molar-refractivity contribution in [1.82, 2.24) is 29.8 Å².